The molecule has 1 saturated heterocycles. The highest BCUT2D eigenvalue weighted by Gasteiger charge is 2.31. The lowest BCUT2D eigenvalue weighted by molar-refractivity contribution is -0.141. The monoisotopic (exact) mass is 1040 g/mol. The molecule has 3 atom stereocenters. The fraction of sp³-hybridized carbons (Fsp3) is 0.592. The summed E-state index contributed by atoms with van der Waals surface area (Å²) in [5.41, 5.74) is 0.828. The van der Waals surface area contributed by atoms with Gasteiger partial charge in [-0.25, -0.2) is 9.59 Å². The summed E-state index contributed by atoms with van der Waals surface area (Å²) in [7, 11) is 0. The number of hydrogen-bond acceptors (Lipinski definition) is 16. The van der Waals surface area contributed by atoms with E-state index in [1.165, 1.54) is 0 Å². The van der Waals surface area contributed by atoms with Crippen LogP contribution in [0.3, 0.4) is 0 Å². The average molecular weight is 1040 g/mol. The largest absolute Gasteiger partial charge is 0.481 e. The molecule has 1 heterocycles. The molecular weight excluding hydrogens is 971 g/mol. The zero-order valence-electron chi connectivity index (χ0n) is 41.5. The summed E-state index contributed by atoms with van der Waals surface area (Å²) in [5.74, 6) is -5.93. The number of aliphatic carboxylic acids is 4. The fourth-order valence-corrected chi connectivity index (χ4v) is 8.85. The minimum atomic E-state index is -1.49. The first kappa shape index (κ1) is 59.6. The van der Waals surface area contributed by atoms with E-state index < -0.39 is 60.5 Å². The SMILES string of the molecule is O=COCN1CCN(CC(=O)O)CCN(CC(=O)O)CCN(CC(=O)NCC2CCC(C(=O)N[C@@H](Cc3ccc4ccccc4c3)C(=O)NCCCCC(NC(=O)N[C@@H](CCC(=O)O)C(=O)O)OC=O)CC2)CC1. The standard InChI is InChI=1S/C49H71N9O16/c59-32-73-31-58-23-21-55(17-18-56(29-44(64)65)19-20-57(22-24-58)30-45(66)67)28-41(61)51-27-34-8-12-37(13-9-34)46(68)52-40(26-35-10-11-36-5-1-2-6-38(36)25-35)47(69)50-16-4-3-7-42(74-33-60)54-49(72)53-39(48(70)71)14-15-43(62)63/h1-2,5-6,10-11,25,32-34,37,39-40,42H,3-4,7-9,12-24,26-31H2,(H,50,69)(H,51,61)(H,52,68)(H,62,63)(H,64,65)(H,66,67)(H,70,71)(H2,53,54,72)/t34?,37?,39-,40-,42?/m0/s1. The van der Waals surface area contributed by atoms with Crippen LogP contribution in [0.1, 0.15) is 63.4 Å². The van der Waals surface area contributed by atoms with Gasteiger partial charge in [-0.1, -0.05) is 42.5 Å². The molecule has 1 unspecified atom stereocenters. The van der Waals surface area contributed by atoms with Crippen molar-refractivity contribution in [3.05, 3.63) is 48.0 Å². The van der Waals surface area contributed by atoms with E-state index in [2.05, 4.69) is 26.6 Å². The summed E-state index contributed by atoms with van der Waals surface area (Å²) < 4.78 is 9.94. The number of carbonyl (C=O) groups excluding carboxylic acids is 6. The Kier molecular flexibility index (Phi) is 26.0. The number of urea groups is 1. The van der Waals surface area contributed by atoms with Crippen LogP contribution in [0.2, 0.25) is 0 Å². The highest BCUT2D eigenvalue weighted by Crippen LogP contribution is 2.29. The highest BCUT2D eigenvalue weighted by molar-refractivity contribution is 5.89. The van der Waals surface area contributed by atoms with E-state index in [4.69, 9.17) is 14.6 Å². The molecule has 25 heteroatoms. The lowest BCUT2D eigenvalue weighted by Gasteiger charge is -2.33. The molecule has 74 heavy (non-hydrogen) atoms. The summed E-state index contributed by atoms with van der Waals surface area (Å²) in [6.45, 7) is 3.22. The molecule has 2 aromatic carbocycles. The molecule has 1 aliphatic heterocycles. The molecule has 2 fully saturated rings. The van der Waals surface area contributed by atoms with Crippen molar-refractivity contribution < 1.29 is 77.8 Å². The zero-order chi connectivity index (χ0) is 53.8. The number of carboxylic acids is 4. The molecule has 408 valence electrons. The summed E-state index contributed by atoms with van der Waals surface area (Å²) in [6.07, 6.45) is 1.36. The van der Waals surface area contributed by atoms with Crippen LogP contribution in [0.15, 0.2) is 42.5 Å². The number of amides is 5. The quantitative estimate of drug-likeness (QED) is 0.0287. The Morgan fingerprint density at radius 1 is 0.635 bits per heavy atom. The van der Waals surface area contributed by atoms with Gasteiger partial charge in [0, 0.05) is 90.6 Å². The van der Waals surface area contributed by atoms with Crippen molar-refractivity contribution in [1.29, 1.82) is 0 Å². The van der Waals surface area contributed by atoms with Gasteiger partial charge >= 0.3 is 29.9 Å². The maximum atomic E-state index is 13.8. The smallest absolute Gasteiger partial charge is 0.326 e. The fourth-order valence-electron chi connectivity index (χ4n) is 8.85. The minimum Gasteiger partial charge on any atom is -0.481 e. The lowest BCUT2D eigenvalue weighted by atomic mass is 9.81. The molecule has 5 amide bonds. The van der Waals surface area contributed by atoms with Gasteiger partial charge in [0.2, 0.25) is 17.7 Å². The van der Waals surface area contributed by atoms with Gasteiger partial charge in [-0.3, -0.25) is 58.0 Å². The predicted molar refractivity (Wildman–Crippen MR) is 264 cm³/mol. The van der Waals surface area contributed by atoms with Crippen LogP contribution in [0.5, 0.6) is 0 Å². The van der Waals surface area contributed by atoms with Gasteiger partial charge in [0.1, 0.15) is 18.8 Å². The van der Waals surface area contributed by atoms with Crippen molar-refractivity contribution >= 4 is 71.3 Å². The Morgan fingerprint density at radius 3 is 1.82 bits per heavy atom. The van der Waals surface area contributed by atoms with Crippen LogP contribution in [-0.2, 0) is 59.0 Å². The molecule has 2 aliphatic rings. The third kappa shape index (κ3) is 22.9. The second-order valence-corrected chi connectivity index (χ2v) is 18.5. The molecule has 0 spiro atoms. The van der Waals surface area contributed by atoms with Crippen LogP contribution in [0, 0.1) is 11.8 Å². The Hall–Kier alpha value is -6.96. The first-order chi connectivity index (χ1) is 35.5. The summed E-state index contributed by atoms with van der Waals surface area (Å²) in [6, 6.07) is 10.2. The number of rotatable bonds is 29. The molecule has 0 radical (unpaired) electrons. The van der Waals surface area contributed by atoms with Crippen molar-refractivity contribution in [3.63, 3.8) is 0 Å². The van der Waals surface area contributed by atoms with Gasteiger partial charge in [0.25, 0.3) is 12.9 Å². The Bertz CT molecular complexity index is 2190. The van der Waals surface area contributed by atoms with Crippen LogP contribution in [-0.4, -0.2) is 211 Å². The van der Waals surface area contributed by atoms with Crippen LogP contribution in [0.25, 0.3) is 10.8 Å². The maximum absolute atomic E-state index is 13.8. The second kappa shape index (κ2) is 32.3. The number of ether oxygens (including phenoxy) is 2. The number of benzene rings is 2. The topological polar surface area (TPSA) is 343 Å². The number of carboxylic acid groups (broad SMARTS) is 4. The molecular formula is C49H71N9O16. The Labute approximate surface area is 428 Å². The van der Waals surface area contributed by atoms with E-state index in [0.717, 1.165) is 16.3 Å². The molecule has 1 saturated carbocycles. The first-order valence-electron chi connectivity index (χ1n) is 24.8. The highest BCUT2D eigenvalue weighted by atomic mass is 16.5. The van der Waals surface area contributed by atoms with Gasteiger partial charge < -0.3 is 56.5 Å². The average Bonchev–Trinajstić information content (AvgIpc) is 3.35. The van der Waals surface area contributed by atoms with E-state index >= 15 is 0 Å². The molecule has 4 rings (SSSR count). The van der Waals surface area contributed by atoms with Gasteiger partial charge in [0.15, 0.2) is 6.23 Å². The molecule has 0 bridgehead atoms. The number of fused-ring (bicyclic) bond motifs is 1. The molecule has 9 N–H and O–H groups in total. The van der Waals surface area contributed by atoms with Crippen molar-refractivity contribution in [2.24, 2.45) is 11.8 Å². The van der Waals surface area contributed by atoms with Gasteiger partial charge in [0.05, 0.1) is 19.6 Å². The van der Waals surface area contributed by atoms with Crippen molar-refractivity contribution in [2.45, 2.75) is 82.5 Å². The third-order valence-electron chi connectivity index (χ3n) is 13.0. The Morgan fingerprint density at radius 2 is 1.24 bits per heavy atom. The molecule has 25 nitrogen and oxygen atoms in total. The summed E-state index contributed by atoms with van der Waals surface area (Å²) >= 11 is 0. The van der Waals surface area contributed by atoms with Crippen molar-refractivity contribution in [2.75, 3.05) is 91.8 Å². The lowest BCUT2D eigenvalue weighted by Crippen LogP contribution is -2.50. The molecule has 1 aliphatic carbocycles. The predicted octanol–water partition coefficient (Wildman–Crippen LogP) is -0.286. The van der Waals surface area contributed by atoms with Gasteiger partial charge in [-0.2, -0.15) is 0 Å². The van der Waals surface area contributed by atoms with Crippen molar-refractivity contribution in [3.8, 4) is 0 Å². The van der Waals surface area contributed by atoms with E-state index in [0.29, 0.717) is 104 Å². The third-order valence-corrected chi connectivity index (χ3v) is 13.0. The zero-order valence-corrected chi connectivity index (χ0v) is 41.5. The van der Waals surface area contributed by atoms with Gasteiger partial charge in [-0.15, -0.1) is 0 Å². The van der Waals surface area contributed by atoms with E-state index in [9.17, 15) is 63.3 Å². The first-order valence-corrected chi connectivity index (χ1v) is 24.8. The van der Waals surface area contributed by atoms with Crippen LogP contribution >= 0.6 is 0 Å². The number of carbonyl (C=O) groups is 10. The van der Waals surface area contributed by atoms with E-state index in [1.807, 2.05) is 52.3 Å². The van der Waals surface area contributed by atoms with E-state index in [1.54, 1.807) is 9.80 Å². The number of nitrogens with zero attached hydrogens (tertiary/aromatic N) is 4. The summed E-state index contributed by atoms with van der Waals surface area (Å²) in [4.78, 5) is 128. The number of nitrogens with one attached hydrogen (secondary N) is 5. The van der Waals surface area contributed by atoms with Crippen LogP contribution < -0.4 is 26.6 Å². The second-order valence-electron chi connectivity index (χ2n) is 18.5. The molecule has 2 aromatic rings. The number of unbranched alkanes of at least 4 members (excludes halogenated alkanes) is 1. The van der Waals surface area contributed by atoms with Gasteiger partial charge in [-0.05, 0) is 67.2 Å². The maximum Gasteiger partial charge on any atom is 0.326 e. The number of hydrogen-bond donors (Lipinski definition) is 9. The van der Waals surface area contributed by atoms with Crippen molar-refractivity contribution in [1.82, 2.24) is 46.2 Å². The summed E-state index contributed by atoms with van der Waals surface area (Å²) in [5, 5.41) is 52.6. The van der Waals surface area contributed by atoms with Crippen LogP contribution in [0.4, 0.5) is 4.79 Å². The normalized spacial score (nSPS) is 18.6. The Balaban J connectivity index is 1.29. The minimum absolute atomic E-state index is 0.0211. The van der Waals surface area contributed by atoms with E-state index in [-0.39, 0.29) is 82.3 Å². The molecule has 0 aromatic heterocycles.